The lowest BCUT2D eigenvalue weighted by Crippen LogP contribution is -2.52. The van der Waals surface area contributed by atoms with Crippen LogP contribution in [0.2, 0.25) is 0 Å². The maximum absolute atomic E-state index is 14.0. The number of anilines is 1. The number of hydrogen-bond donors (Lipinski definition) is 1. The zero-order chi connectivity index (χ0) is 17.6. The van der Waals surface area contributed by atoms with Crippen molar-refractivity contribution >= 4 is 29.3 Å². The Morgan fingerprint density at radius 3 is 2.76 bits per heavy atom. The molecule has 1 fully saturated rings. The molecule has 1 saturated heterocycles. The summed E-state index contributed by atoms with van der Waals surface area (Å²) in [6.07, 6.45) is 0.782. The van der Waals surface area contributed by atoms with Gasteiger partial charge in [-0.25, -0.2) is 4.39 Å². The second-order valence-corrected chi connectivity index (χ2v) is 7.62. The van der Waals surface area contributed by atoms with Gasteiger partial charge in [0.1, 0.15) is 5.82 Å². The molecule has 128 valence electrons. The predicted molar refractivity (Wildman–Crippen MR) is 94.7 cm³/mol. The van der Waals surface area contributed by atoms with Gasteiger partial charge in [-0.2, -0.15) is 0 Å². The molecule has 2 aliphatic rings. The minimum absolute atomic E-state index is 0.0499. The van der Waals surface area contributed by atoms with E-state index in [0.717, 1.165) is 10.6 Å². The van der Waals surface area contributed by atoms with Gasteiger partial charge < -0.3 is 5.32 Å². The monoisotopic (exact) mass is 356 g/mol. The molecular weight excluding hydrogens is 339 g/mol. The van der Waals surface area contributed by atoms with Crippen LogP contribution < -0.4 is 10.2 Å². The van der Waals surface area contributed by atoms with Crippen molar-refractivity contribution in [2.45, 2.75) is 35.6 Å². The van der Waals surface area contributed by atoms with Crippen LogP contribution in [0.4, 0.5) is 10.1 Å². The van der Waals surface area contributed by atoms with E-state index in [0.29, 0.717) is 18.4 Å². The van der Waals surface area contributed by atoms with Crippen LogP contribution in [0.3, 0.4) is 0 Å². The Labute approximate surface area is 149 Å². The topological polar surface area (TPSA) is 49.4 Å². The summed E-state index contributed by atoms with van der Waals surface area (Å²) >= 11 is 1.41. The van der Waals surface area contributed by atoms with E-state index in [1.165, 1.54) is 17.8 Å². The quantitative estimate of drug-likeness (QED) is 0.914. The average Bonchev–Trinajstić information content (AvgIpc) is 3.11. The first-order chi connectivity index (χ1) is 12.0. The first-order valence-corrected chi connectivity index (χ1v) is 9.01. The number of thioether (sulfide) groups is 1. The van der Waals surface area contributed by atoms with Gasteiger partial charge >= 0.3 is 0 Å². The average molecular weight is 356 g/mol. The second kappa shape index (κ2) is 5.88. The summed E-state index contributed by atoms with van der Waals surface area (Å²) in [7, 11) is 0. The van der Waals surface area contributed by atoms with Crippen molar-refractivity contribution in [3.05, 3.63) is 59.9 Å². The SMILES string of the molecule is C[C@@H](NC(=O)[C@]12CCC(=O)N1c1ccccc1S2)c1ccccc1F. The van der Waals surface area contributed by atoms with Crippen molar-refractivity contribution in [3.8, 4) is 0 Å². The number of halogens is 1. The highest BCUT2D eigenvalue weighted by atomic mass is 32.2. The van der Waals surface area contributed by atoms with Crippen molar-refractivity contribution in [2.24, 2.45) is 0 Å². The van der Waals surface area contributed by atoms with Gasteiger partial charge in [0.05, 0.1) is 11.7 Å². The van der Waals surface area contributed by atoms with Crippen LogP contribution >= 0.6 is 11.8 Å². The number of hydrogen-bond acceptors (Lipinski definition) is 3. The zero-order valence-electron chi connectivity index (χ0n) is 13.7. The van der Waals surface area contributed by atoms with E-state index in [1.807, 2.05) is 24.3 Å². The molecular formula is C19H17FN2O2S. The minimum atomic E-state index is -0.972. The number of carbonyl (C=O) groups excluding carboxylic acids is 2. The zero-order valence-corrected chi connectivity index (χ0v) is 14.5. The molecule has 1 N–H and O–H groups in total. The number of para-hydroxylation sites is 1. The molecule has 2 aliphatic heterocycles. The van der Waals surface area contributed by atoms with Crippen LogP contribution in [0.15, 0.2) is 53.4 Å². The second-order valence-electron chi connectivity index (χ2n) is 6.30. The molecule has 2 atom stereocenters. The van der Waals surface area contributed by atoms with Gasteiger partial charge in [0.15, 0.2) is 4.87 Å². The number of fused-ring (bicyclic) bond motifs is 3. The van der Waals surface area contributed by atoms with Gasteiger partial charge in [0, 0.05) is 16.9 Å². The highest BCUT2D eigenvalue weighted by Gasteiger charge is 2.57. The number of benzene rings is 2. The largest absolute Gasteiger partial charge is 0.347 e. The first-order valence-electron chi connectivity index (χ1n) is 8.19. The summed E-state index contributed by atoms with van der Waals surface area (Å²) < 4.78 is 14.0. The van der Waals surface area contributed by atoms with Crippen LogP contribution in [-0.2, 0) is 9.59 Å². The van der Waals surface area contributed by atoms with E-state index in [-0.39, 0.29) is 17.6 Å². The number of amides is 2. The first kappa shape index (κ1) is 16.1. The summed E-state index contributed by atoms with van der Waals surface area (Å²) in [5, 5.41) is 2.90. The number of nitrogens with one attached hydrogen (secondary N) is 1. The maximum atomic E-state index is 14.0. The van der Waals surface area contributed by atoms with E-state index in [4.69, 9.17) is 0 Å². The third-order valence-electron chi connectivity index (χ3n) is 4.75. The van der Waals surface area contributed by atoms with Crippen molar-refractivity contribution in [1.82, 2.24) is 5.32 Å². The fourth-order valence-corrected chi connectivity index (χ4v) is 4.93. The Morgan fingerprint density at radius 2 is 1.96 bits per heavy atom. The Hall–Kier alpha value is -2.34. The smallest absolute Gasteiger partial charge is 0.257 e. The molecule has 0 unspecified atom stereocenters. The van der Waals surface area contributed by atoms with Crippen LogP contribution in [0.5, 0.6) is 0 Å². The van der Waals surface area contributed by atoms with Gasteiger partial charge in [-0.1, -0.05) is 42.1 Å². The van der Waals surface area contributed by atoms with E-state index >= 15 is 0 Å². The summed E-state index contributed by atoms with van der Waals surface area (Å²) in [5.74, 6) is -0.657. The Kier molecular flexibility index (Phi) is 3.80. The lowest BCUT2D eigenvalue weighted by Gasteiger charge is -2.31. The summed E-state index contributed by atoms with van der Waals surface area (Å²) in [6, 6.07) is 13.4. The Balaban J connectivity index is 1.64. The third kappa shape index (κ3) is 2.43. The highest BCUT2D eigenvalue weighted by Crippen LogP contribution is 2.55. The molecule has 0 aliphatic carbocycles. The minimum Gasteiger partial charge on any atom is -0.347 e. The number of nitrogens with zero attached hydrogens (tertiary/aromatic N) is 1. The molecule has 6 heteroatoms. The molecule has 2 aromatic rings. The molecule has 0 radical (unpaired) electrons. The fraction of sp³-hybridized carbons (Fsp3) is 0.263. The Bertz CT molecular complexity index is 872. The lowest BCUT2D eigenvalue weighted by molar-refractivity contribution is -0.125. The maximum Gasteiger partial charge on any atom is 0.257 e. The molecule has 0 bridgehead atoms. The van der Waals surface area contributed by atoms with Crippen LogP contribution in [-0.4, -0.2) is 16.7 Å². The molecule has 0 aromatic heterocycles. The molecule has 4 nitrogen and oxygen atoms in total. The van der Waals surface area contributed by atoms with Gasteiger partial charge in [-0.15, -0.1) is 0 Å². The van der Waals surface area contributed by atoms with Crippen molar-refractivity contribution in [2.75, 3.05) is 4.90 Å². The summed E-state index contributed by atoms with van der Waals surface area (Å²) in [5.41, 5.74) is 1.22. The fourth-order valence-electron chi connectivity index (χ4n) is 3.51. The summed E-state index contributed by atoms with van der Waals surface area (Å²) in [6.45, 7) is 1.75. The molecule has 2 heterocycles. The Morgan fingerprint density at radius 1 is 1.24 bits per heavy atom. The van der Waals surface area contributed by atoms with Crippen molar-refractivity contribution < 1.29 is 14.0 Å². The predicted octanol–water partition coefficient (Wildman–Crippen LogP) is 3.63. The molecule has 0 spiro atoms. The number of carbonyl (C=O) groups is 2. The van der Waals surface area contributed by atoms with Gasteiger partial charge in [-0.05, 0) is 31.5 Å². The lowest BCUT2D eigenvalue weighted by atomic mass is 10.1. The van der Waals surface area contributed by atoms with E-state index in [1.54, 1.807) is 30.0 Å². The molecule has 4 rings (SSSR count). The molecule has 25 heavy (non-hydrogen) atoms. The van der Waals surface area contributed by atoms with Crippen molar-refractivity contribution in [3.63, 3.8) is 0 Å². The van der Waals surface area contributed by atoms with Crippen LogP contribution in [0.1, 0.15) is 31.4 Å². The normalized spacial score (nSPS) is 22.5. The standard InChI is InChI=1S/C19H17FN2O2S/c1-12(13-6-2-3-7-14(13)20)21-18(24)19-11-10-17(23)22(19)15-8-4-5-9-16(15)25-19/h2-9,12H,10-11H2,1H3,(H,21,24)/t12-,19-/m1/s1. The van der Waals surface area contributed by atoms with E-state index in [9.17, 15) is 14.0 Å². The van der Waals surface area contributed by atoms with Gasteiger partial charge in [-0.3, -0.25) is 14.5 Å². The van der Waals surface area contributed by atoms with E-state index in [2.05, 4.69) is 5.32 Å². The van der Waals surface area contributed by atoms with Gasteiger partial charge in [0.2, 0.25) is 5.91 Å². The molecule has 2 aromatic carbocycles. The number of rotatable bonds is 3. The van der Waals surface area contributed by atoms with Crippen LogP contribution in [0.25, 0.3) is 0 Å². The van der Waals surface area contributed by atoms with E-state index < -0.39 is 10.9 Å². The molecule has 0 saturated carbocycles. The highest BCUT2D eigenvalue weighted by molar-refractivity contribution is 8.02. The molecule has 2 amide bonds. The summed E-state index contributed by atoms with van der Waals surface area (Å²) in [4.78, 5) is 27.1. The van der Waals surface area contributed by atoms with Crippen LogP contribution in [0, 0.1) is 5.82 Å². The third-order valence-corrected chi connectivity index (χ3v) is 6.22. The van der Waals surface area contributed by atoms with Gasteiger partial charge in [0.25, 0.3) is 5.91 Å². The van der Waals surface area contributed by atoms with Crippen molar-refractivity contribution in [1.29, 1.82) is 0 Å².